The lowest BCUT2D eigenvalue weighted by Crippen LogP contribution is -2.41. The van der Waals surface area contributed by atoms with E-state index in [1.807, 2.05) is 32.9 Å². The van der Waals surface area contributed by atoms with Gasteiger partial charge in [-0.15, -0.1) is 12.4 Å². The molecule has 1 aromatic heterocycles. The van der Waals surface area contributed by atoms with E-state index >= 15 is 0 Å². The summed E-state index contributed by atoms with van der Waals surface area (Å²) < 4.78 is 11.2. The van der Waals surface area contributed by atoms with Crippen molar-refractivity contribution in [3.63, 3.8) is 0 Å². The summed E-state index contributed by atoms with van der Waals surface area (Å²) in [4.78, 5) is 12.4. The Labute approximate surface area is 141 Å². The van der Waals surface area contributed by atoms with Gasteiger partial charge in [0, 0.05) is 23.2 Å². The molecule has 1 aliphatic heterocycles. The first-order chi connectivity index (χ1) is 10.4. The summed E-state index contributed by atoms with van der Waals surface area (Å²) in [5.74, 6) is 0.875. The van der Waals surface area contributed by atoms with Crippen LogP contribution in [0.15, 0.2) is 34.9 Å². The molecule has 124 valence electrons. The molecule has 1 atom stereocenters. The summed E-state index contributed by atoms with van der Waals surface area (Å²) in [7, 11) is 0. The van der Waals surface area contributed by atoms with Crippen molar-refractivity contribution in [3.05, 3.63) is 47.4 Å². The van der Waals surface area contributed by atoms with Crippen molar-refractivity contribution in [2.75, 3.05) is 5.73 Å². The predicted molar refractivity (Wildman–Crippen MR) is 91.1 cm³/mol. The van der Waals surface area contributed by atoms with Crippen molar-refractivity contribution >= 4 is 24.0 Å². The van der Waals surface area contributed by atoms with Crippen molar-refractivity contribution < 1.29 is 13.9 Å². The largest absolute Gasteiger partial charge is 0.487 e. The highest BCUT2D eigenvalue weighted by molar-refractivity contribution is 5.93. The van der Waals surface area contributed by atoms with Gasteiger partial charge in [0.1, 0.15) is 11.4 Å². The fourth-order valence-electron chi connectivity index (χ4n) is 2.83. The molecule has 2 heterocycles. The van der Waals surface area contributed by atoms with E-state index in [4.69, 9.17) is 14.9 Å². The number of anilines is 1. The van der Waals surface area contributed by atoms with Gasteiger partial charge in [0.25, 0.3) is 5.91 Å². The molecule has 0 bridgehead atoms. The van der Waals surface area contributed by atoms with Crippen LogP contribution >= 0.6 is 12.4 Å². The number of benzene rings is 1. The zero-order valence-corrected chi connectivity index (χ0v) is 14.2. The van der Waals surface area contributed by atoms with Crippen molar-refractivity contribution in [2.45, 2.75) is 38.8 Å². The van der Waals surface area contributed by atoms with E-state index in [1.165, 1.54) is 6.26 Å². The Kier molecular flexibility index (Phi) is 4.61. The smallest absolute Gasteiger partial charge is 0.287 e. The third kappa shape index (κ3) is 3.45. The predicted octanol–water partition coefficient (Wildman–Crippen LogP) is 3.62. The van der Waals surface area contributed by atoms with Gasteiger partial charge >= 0.3 is 0 Å². The number of aryl methyl sites for hydroxylation is 1. The van der Waals surface area contributed by atoms with Crippen LogP contribution in [-0.4, -0.2) is 11.5 Å². The maximum atomic E-state index is 12.4. The van der Waals surface area contributed by atoms with E-state index in [0.29, 0.717) is 17.9 Å². The van der Waals surface area contributed by atoms with Gasteiger partial charge in [-0.1, -0.05) is 0 Å². The van der Waals surface area contributed by atoms with Crippen molar-refractivity contribution in [3.8, 4) is 5.75 Å². The molecular formula is C17H21ClN2O3. The number of amides is 1. The number of furan rings is 1. The summed E-state index contributed by atoms with van der Waals surface area (Å²) in [6.07, 6.45) is 2.18. The second-order valence-corrected chi connectivity index (χ2v) is 6.32. The average molecular weight is 337 g/mol. The lowest BCUT2D eigenvalue weighted by Gasteiger charge is -2.38. The third-order valence-corrected chi connectivity index (χ3v) is 3.86. The van der Waals surface area contributed by atoms with Crippen LogP contribution in [0.25, 0.3) is 0 Å². The molecule has 6 heteroatoms. The van der Waals surface area contributed by atoms with Gasteiger partial charge in [-0.05, 0) is 45.0 Å². The summed E-state index contributed by atoms with van der Waals surface area (Å²) >= 11 is 0. The van der Waals surface area contributed by atoms with E-state index in [9.17, 15) is 4.79 Å². The molecule has 0 aliphatic carbocycles. The molecule has 2 aromatic rings. The Morgan fingerprint density at radius 1 is 1.35 bits per heavy atom. The number of nitrogens with one attached hydrogen (secondary N) is 1. The molecule has 0 radical (unpaired) electrons. The molecule has 0 saturated heterocycles. The number of fused-ring (bicyclic) bond motifs is 1. The monoisotopic (exact) mass is 336 g/mol. The molecule has 1 amide bonds. The fraction of sp³-hybridized carbons (Fsp3) is 0.353. The first-order valence-corrected chi connectivity index (χ1v) is 7.29. The van der Waals surface area contributed by atoms with Crippen molar-refractivity contribution in [1.82, 2.24) is 5.32 Å². The lowest BCUT2D eigenvalue weighted by molar-refractivity contribution is 0.0611. The summed E-state index contributed by atoms with van der Waals surface area (Å²) in [5.41, 5.74) is 7.88. The molecule has 1 unspecified atom stereocenters. The van der Waals surface area contributed by atoms with E-state index in [1.54, 1.807) is 12.1 Å². The van der Waals surface area contributed by atoms with Gasteiger partial charge < -0.3 is 20.2 Å². The minimum Gasteiger partial charge on any atom is -0.487 e. The van der Waals surface area contributed by atoms with Crippen LogP contribution < -0.4 is 15.8 Å². The average Bonchev–Trinajstić information content (AvgIpc) is 2.85. The van der Waals surface area contributed by atoms with Gasteiger partial charge in [-0.3, -0.25) is 4.79 Å². The molecule has 0 fully saturated rings. The van der Waals surface area contributed by atoms with Crippen LogP contribution in [0.2, 0.25) is 0 Å². The molecular weight excluding hydrogens is 316 g/mol. The van der Waals surface area contributed by atoms with Crippen LogP contribution in [-0.2, 0) is 0 Å². The summed E-state index contributed by atoms with van der Waals surface area (Å²) in [6, 6.07) is 7.11. The van der Waals surface area contributed by atoms with E-state index in [2.05, 4.69) is 5.32 Å². The van der Waals surface area contributed by atoms with Crippen LogP contribution in [0.1, 0.15) is 48.0 Å². The first-order valence-electron chi connectivity index (χ1n) is 7.29. The highest BCUT2D eigenvalue weighted by atomic mass is 35.5. The number of hydrogen-bond acceptors (Lipinski definition) is 4. The number of nitrogen functional groups attached to an aromatic ring is 1. The van der Waals surface area contributed by atoms with E-state index < -0.39 is 0 Å². The molecule has 3 rings (SSSR count). The minimum atomic E-state index is -0.362. The standard InChI is InChI=1S/C17H20N2O3.ClH/c1-10-6-7-21-15(10)16(20)19-13-9-17(2,3)22-14-5-4-11(18)8-12(13)14;/h4-8,13H,9,18H2,1-3H3,(H,19,20);1H. The zero-order valence-electron chi connectivity index (χ0n) is 13.4. The van der Waals surface area contributed by atoms with Crippen molar-refractivity contribution in [1.29, 1.82) is 0 Å². The Bertz CT molecular complexity index is 724. The SMILES string of the molecule is Cc1ccoc1C(=O)NC1CC(C)(C)Oc2ccc(N)cc21.Cl. The maximum absolute atomic E-state index is 12.4. The number of ether oxygens (including phenoxy) is 1. The van der Waals surface area contributed by atoms with Gasteiger partial charge in [-0.2, -0.15) is 0 Å². The Balaban J connectivity index is 0.00000192. The molecule has 0 spiro atoms. The highest BCUT2D eigenvalue weighted by Crippen LogP contribution is 2.40. The minimum absolute atomic E-state index is 0. The van der Waals surface area contributed by atoms with E-state index in [-0.39, 0.29) is 30.0 Å². The van der Waals surface area contributed by atoms with Crippen LogP contribution in [0.5, 0.6) is 5.75 Å². The molecule has 23 heavy (non-hydrogen) atoms. The third-order valence-electron chi connectivity index (χ3n) is 3.86. The summed E-state index contributed by atoms with van der Waals surface area (Å²) in [6.45, 7) is 5.85. The zero-order chi connectivity index (χ0) is 15.9. The number of halogens is 1. The molecule has 5 nitrogen and oxygen atoms in total. The van der Waals surface area contributed by atoms with Gasteiger partial charge in [-0.25, -0.2) is 0 Å². The number of carbonyl (C=O) groups excluding carboxylic acids is 1. The lowest BCUT2D eigenvalue weighted by atomic mass is 9.89. The highest BCUT2D eigenvalue weighted by Gasteiger charge is 2.35. The van der Waals surface area contributed by atoms with Gasteiger partial charge in [0.05, 0.1) is 12.3 Å². The van der Waals surface area contributed by atoms with Crippen LogP contribution in [0.3, 0.4) is 0 Å². The Hall–Kier alpha value is -2.14. The first kappa shape index (κ1) is 17.2. The Morgan fingerprint density at radius 3 is 2.74 bits per heavy atom. The van der Waals surface area contributed by atoms with Gasteiger partial charge in [0.2, 0.25) is 0 Å². The topological polar surface area (TPSA) is 77.5 Å². The van der Waals surface area contributed by atoms with Gasteiger partial charge in [0.15, 0.2) is 5.76 Å². The molecule has 0 saturated carbocycles. The van der Waals surface area contributed by atoms with Crippen molar-refractivity contribution in [2.24, 2.45) is 0 Å². The van der Waals surface area contributed by atoms with Crippen LogP contribution in [0, 0.1) is 6.92 Å². The maximum Gasteiger partial charge on any atom is 0.287 e. The molecule has 3 N–H and O–H groups in total. The molecule has 1 aliphatic rings. The number of rotatable bonds is 2. The summed E-state index contributed by atoms with van der Waals surface area (Å²) in [5, 5.41) is 3.03. The Morgan fingerprint density at radius 2 is 2.09 bits per heavy atom. The quantitative estimate of drug-likeness (QED) is 0.821. The number of carbonyl (C=O) groups is 1. The molecule has 1 aromatic carbocycles. The normalized spacial score (nSPS) is 18.3. The van der Waals surface area contributed by atoms with E-state index in [0.717, 1.165) is 16.9 Å². The van der Waals surface area contributed by atoms with Crippen LogP contribution in [0.4, 0.5) is 5.69 Å². The fourth-order valence-corrected chi connectivity index (χ4v) is 2.83. The number of hydrogen-bond donors (Lipinski definition) is 2. The second-order valence-electron chi connectivity index (χ2n) is 6.32. The second kappa shape index (κ2) is 6.16. The number of nitrogens with two attached hydrogens (primary N) is 1.